The van der Waals surface area contributed by atoms with Crippen molar-refractivity contribution in [2.24, 2.45) is 11.8 Å². The van der Waals surface area contributed by atoms with E-state index in [1.165, 1.54) is 51.4 Å². The molecule has 0 bridgehead atoms. The van der Waals surface area contributed by atoms with E-state index in [9.17, 15) is 9.59 Å². The van der Waals surface area contributed by atoms with Gasteiger partial charge in [-0.05, 0) is 25.7 Å². The number of hydrogen-bond acceptors (Lipinski definition) is 2. The summed E-state index contributed by atoms with van der Waals surface area (Å²) in [6.45, 7) is 6.45. The first kappa shape index (κ1) is 18.9. The molecule has 1 N–H and O–H groups in total. The Hall–Kier alpha value is -1.12. The van der Waals surface area contributed by atoms with Crippen LogP contribution in [-0.2, 0) is 9.59 Å². The van der Waals surface area contributed by atoms with Crippen LogP contribution in [0.25, 0.3) is 0 Å². The van der Waals surface area contributed by atoms with Crippen molar-refractivity contribution in [3.8, 4) is 0 Å². The van der Waals surface area contributed by atoms with Crippen LogP contribution in [0.2, 0.25) is 0 Å². The van der Waals surface area contributed by atoms with Crippen LogP contribution in [0.1, 0.15) is 85.0 Å². The fourth-order valence-electron chi connectivity index (χ4n) is 3.18. The van der Waals surface area contributed by atoms with Gasteiger partial charge in [-0.1, -0.05) is 70.4 Å². The van der Waals surface area contributed by atoms with E-state index in [1.807, 2.05) is 6.92 Å². The van der Waals surface area contributed by atoms with Gasteiger partial charge in [-0.25, -0.2) is 0 Å². The zero-order valence-electron chi connectivity index (χ0n) is 14.6. The molecular formula is C19H33NO2. The predicted molar refractivity (Wildman–Crippen MR) is 91.4 cm³/mol. The van der Waals surface area contributed by atoms with Gasteiger partial charge in [0, 0.05) is 6.42 Å². The maximum absolute atomic E-state index is 11.7. The molecular weight excluding hydrogens is 274 g/mol. The molecule has 1 aliphatic rings. The highest BCUT2D eigenvalue weighted by molar-refractivity contribution is 6.04. The van der Waals surface area contributed by atoms with Gasteiger partial charge >= 0.3 is 0 Å². The minimum absolute atomic E-state index is 0.121. The number of rotatable bonds is 11. The number of hydrogen-bond donors (Lipinski definition) is 1. The normalized spacial score (nSPS) is 20.3. The summed E-state index contributed by atoms with van der Waals surface area (Å²) < 4.78 is 0. The highest BCUT2D eigenvalue weighted by atomic mass is 16.2. The van der Waals surface area contributed by atoms with E-state index < -0.39 is 0 Å². The highest BCUT2D eigenvalue weighted by Gasteiger charge is 2.31. The Labute approximate surface area is 135 Å². The fraction of sp³-hybridized carbons (Fsp3) is 0.789. The lowest BCUT2D eigenvalue weighted by atomic mass is 9.91. The lowest BCUT2D eigenvalue weighted by Gasteiger charge is -2.14. The second-order valence-corrected chi connectivity index (χ2v) is 6.66. The van der Waals surface area contributed by atoms with Gasteiger partial charge in [0.05, 0.1) is 5.92 Å². The largest absolute Gasteiger partial charge is 0.296 e. The Morgan fingerprint density at radius 2 is 1.77 bits per heavy atom. The number of nitrogens with one attached hydrogen (secondary N) is 1. The third kappa shape index (κ3) is 6.76. The van der Waals surface area contributed by atoms with Crippen LogP contribution < -0.4 is 5.32 Å². The molecule has 2 amide bonds. The number of imide groups is 1. The van der Waals surface area contributed by atoms with E-state index in [0.29, 0.717) is 12.3 Å². The zero-order chi connectivity index (χ0) is 16.4. The second-order valence-electron chi connectivity index (χ2n) is 6.66. The quantitative estimate of drug-likeness (QED) is 0.340. The van der Waals surface area contributed by atoms with E-state index in [-0.39, 0.29) is 17.7 Å². The summed E-state index contributed by atoms with van der Waals surface area (Å²) in [4.78, 5) is 23.0. The summed E-state index contributed by atoms with van der Waals surface area (Å²) in [6, 6.07) is 0. The molecule has 0 saturated carbocycles. The van der Waals surface area contributed by atoms with Gasteiger partial charge < -0.3 is 0 Å². The zero-order valence-corrected chi connectivity index (χ0v) is 14.6. The standard InChI is InChI=1S/C19H33NO2/c1-4-6-7-8-9-10-11-12-16(5-2)13-15(3)17-14-18(21)20-19(17)22/h13,16-17H,4-12,14H2,1-3H3,(H,20,21,22). The molecule has 2 unspecified atom stereocenters. The summed E-state index contributed by atoms with van der Waals surface area (Å²) >= 11 is 0. The molecule has 1 saturated heterocycles. The molecule has 1 heterocycles. The lowest BCUT2D eigenvalue weighted by molar-refractivity contribution is -0.125. The van der Waals surface area contributed by atoms with Crippen LogP contribution in [0.15, 0.2) is 11.6 Å². The maximum atomic E-state index is 11.7. The minimum Gasteiger partial charge on any atom is -0.296 e. The Balaban J connectivity index is 2.30. The average molecular weight is 307 g/mol. The summed E-state index contributed by atoms with van der Waals surface area (Å²) in [7, 11) is 0. The van der Waals surface area contributed by atoms with Crippen molar-refractivity contribution < 1.29 is 9.59 Å². The molecule has 0 aromatic carbocycles. The van der Waals surface area contributed by atoms with E-state index in [1.54, 1.807) is 0 Å². The number of unbranched alkanes of at least 4 members (excludes halogenated alkanes) is 6. The molecule has 3 heteroatoms. The third-order valence-electron chi connectivity index (χ3n) is 4.72. The van der Waals surface area contributed by atoms with Gasteiger partial charge in [-0.15, -0.1) is 0 Å². The third-order valence-corrected chi connectivity index (χ3v) is 4.72. The predicted octanol–water partition coefficient (Wildman–Crippen LogP) is 4.76. The molecule has 1 aliphatic heterocycles. The molecule has 126 valence electrons. The smallest absolute Gasteiger partial charge is 0.234 e. The summed E-state index contributed by atoms with van der Waals surface area (Å²) in [6.07, 6.45) is 14.2. The Morgan fingerprint density at radius 3 is 2.32 bits per heavy atom. The first-order valence-corrected chi connectivity index (χ1v) is 9.10. The van der Waals surface area contributed by atoms with Crippen molar-refractivity contribution in [2.75, 3.05) is 0 Å². The molecule has 3 nitrogen and oxygen atoms in total. The summed E-state index contributed by atoms with van der Waals surface area (Å²) in [5, 5.41) is 2.40. The van der Waals surface area contributed by atoms with E-state index in [2.05, 4.69) is 25.2 Å². The molecule has 0 aliphatic carbocycles. The number of allylic oxidation sites excluding steroid dienone is 1. The van der Waals surface area contributed by atoms with Crippen LogP contribution in [0, 0.1) is 11.8 Å². The molecule has 0 radical (unpaired) electrons. The fourth-order valence-corrected chi connectivity index (χ4v) is 3.18. The van der Waals surface area contributed by atoms with Gasteiger partial charge in [0.2, 0.25) is 11.8 Å². The lowest BCUT2D eigenvalue weighted by Crippen LogP contribution is -2.22. The van der Waals surface area contributed by atoms with Crippen molar-refractivity contribution in [1.82, 2.24) is 5.32 Å². The van der Waals surface area contributed by atoms with Crippen LogP contribution in [0.5, 0.6) is 0 Å². The minimum atomic E-state index is -0.226. The van der Waals surface area contributed by atoms with Crippen molar-refractivity contribution in [2.45, 2.75) is 85.0 Å². The topological polar surface area (TPSA) is 46.2 Å². The number of carbonyl (C=O) groups is 2. The molecule has 1 rings (SSSR count). The molecule has 0 aromatic heterocycles. The molecule has 0 spiro atoms. The second kappa shape index (κ2) is 10.6. The van der Waals surface area contributed by atoms with Gasteiger partial charge in [0.1, 0.15) is 0 Å². The van der Waals surface area contributed by atoms with Crippen LogP contribution in [-0.4, -0.2) is 11.8 Å². The van der Waals surface area contributed by atoms with Gasteiger partial charge in [0.15, 0.2) is 0 Å². The van der Waals surface area contributed by atoms with E-state index in [4.69, 9.17) is 0 Å². The Morgan fingerprint density at radius 1 is 1.14 bits per heavy atom. The highest BCUT2D eigenvalue weighted by Crippen LogP contribution is 2.24. The van der Waals surface area contributed by atoms with E-state index >= 15 is 0 Å². The molecule has 0 aromatic rings. The summed E-state index contributed by atoms with van der Waals surface area (Å²) in [5.41, 5.74) is 1.07. The van der Waals surface area contributed by atoms with Crippen LogP contribution in [0.4, 0.5) is 0 Å². The average Bonchev–Trinajstić information content (AvgIpc) is 2.83. The van der Waals surface area contributed by atoms with Crippen molar-refractivity contribution in [3.05, 3.63) is 11.6 Å². The number of amides is 2. The SMILES string of the molecule is CCCCCCCCCC(C=C(C)C1CC(=O)NC1=O)CC. The molecule has 1 fully saturated rings. The molecule has 2 atom stereocenters. The summed E-state index contributed by atoms with van der Waals surface area (Å²) in [5.74, 6) is 0.0575. The van der Waals surface area contributed by atoms with Crippen molar-refractivity contribution >= 4 is 11.8 Å². The Bertz CT molecular complexity index is 387. The monoisotopic (exact) mass is 307 g/mol. The van der Waals surface area contributed by atoms with Gasteiger partial charge in [0.25, 0.3) is 0 Å². The van der Waals surface area contributed by atoms with Gasteiger partial charge in [-0.3, -0.25) is 14.9 Å². The van der Waals surface area contributed by atoms with Crippen molar-refractivity contribution in [1.29, 1.82) is 0 Å². The number of carbonyl (C=O) groups excluding carboxylic acids is 2. The molecule has 22 heavy (non-hydrogen) atoms. The van der Waals surface area contributed by atoms with Crippen LogP contribution >= 0.6 is 0 Å². The Kier molecular flexibility index (Phi) is 9.10. The van der Waals surface area contributed by atoms with Gasteiger partial charge in [-0.2, -0.15) is 0 Å². The van der Waals surface area contributed by atoms with E-state index in [0.717, 1.165) is 12.0 Å². The first-order chi connectivity index (χ1) is 10.6. The maximum Gasteiger partial charge on any atom is 0.234 e. The van der Waals surface area contributed by atoms with Crippen molar-refractivity contribution in [3.63, 3.8) is 0 Å². The first-order valence-electron chi connectivity index (χ1n) is 9.10. The van der Waals surface area contributed by atoms with Crippen LogP contribution in [0.3, 0.4) is 0 Å².